The maximum atomic E-state index is 5.84. The molecule has 5 nitrogen and oxygen atoms in total. The molecule has 2 heterocycles. The Morgan fingerprint density at radius 1 is 1.53 bits per heavy atom. The third-order valence-electron chi connectivity index (χ3n) is 2.87. The van der Waals surface area contributed by atoms with Crippen LogP contribution < -0.4 is 11.1 Å². The predicted molar refractivity (Wildman–Crippen MR) is 59.7 cm³/mol. The van der Waals surface area contributed by atoms with E-state index in [4.69, 9.17) is 10.5 Å². The number of nitrogens with one attached hydrogen (secondary N) is 1. The van der Waals surface area contributed by atoms with Crippen molar-refractivity contribution in [3.8, 4) is 0 Å². The normalized spacial score (nSPS) is 20.1. The van der Waals surface area contributed by atoms with Gasteiger partial charge in [-0.25, -0.2) is 0 Å². The molecule has 0 aliphatic carbocycles. The smallest absolute Gasteiger partial charge is 0.171 e. The van der Waals surface area contributed by atoms with Gasteiger partial charge in [0.1, 0.15) is 0 Å². The molecule has 15 heavy (non-hydrogen) atoms. The number of hydrogen-bond acceptors (Lipinski definition) is 4. The fourth-order valence-electron chi connectivity index (χ4n) is 1.84. The van der Waals surface area contributed by atoms with Crippen molar-refractivity contribution in [2.45, 2.75) is 25.3 Å². The van der Waals surface area contributed by atoms with Crippen molar-refractivity contribution < 1.29 is 4.74 Å². The lowest BCUT2D eigenvalue weighted by atomic mass is 9.92. The Bertz CT molecular complexity index is 341. The molecule has 0 spiro atoms. The Morgan fingerprint density at radius 2 is 2.20 bits per heavy atom. The second kappa shape index (κ2) is 3.73. The van der Waals surface area contributed by atoms with Gasteiger partial charge in [0, 0.05) is 32.0 Å². The van der Waals surface area contributed by atoms with E-state index in [0.29, 0.717) is 5.69 Å². The van der Waals surface area contributed by atoms with Gasteiger partial charge in [-0.15, -0.1) is 0 Å². The number of ether oxygens (including phenoxy) is 1. The molecular formula is C10H18N4O. The first-order valence-corrected chi connectivity index (χ1v) is 5.24. The van der Waals surface area contributed by atoms with Gasteiger partial charge in [0.2, 0.25) is 0 Å². The summed E-state index contributed by atoms with van der Waals surface area (Å²) in [4.78, 5) is 0. The monoisotopic (exact) mass is 210 g/mol. The number of nitrogens with zero attached hydrogens (tertiary/aromatic N) is 2. The highest BCUT2D eigenvalue weighted by molar-refractivity contribution is 5.61. The van der Waals surface area contributed by atoms with Crippen molar-refractivity contribution in [2.24, 2.45) is 7.05 Å². The molecule has 1 aromatic heterocycles. The topological polar surface area (TPSA) is 65.1 Å². The van der Waals surface area contributed by atoms with Gasteiger partial charge >= 0.3 is 0 Å². The van der Waals surface area contributed by atoms with Crippen LogP contribution in [-0.2, 0) is 11.8 Å². The van der Waals surface area contributed by atoms with Crippen LogP contribution in [0.4, 0.5) is 11.5 Å². The minimum absolute atomic E-state index is 0.0563. The Morgan fingerprint density at radius 3 is 2.73 bits per heavy atom. The lowest BCUT2D eigenvalue weighted by Gasteiger charge is -2.34. The van der Waals surface area contributed by atoms with E-state index in [1.54, 1.807) is 4.68 Å². The summed E-state index contributed by atoms with van der Waals surface area (Å²) in [6.45, 7) is 3.79. The van der Waals surface area contributed by atoms with Crippen molar-refractivity contribution in [2.75, 3.05) is 24.3 Å². The van der Waals surface area contributed by atoms with E-state index in [-0.39, 0.29) is 5.54 Å². The summed E-state index contributed by atoms with van der Waals surface area (Å²) >= 11 is 0. The first-order valence-electron chi connectivity index (χ1n) is 5.24. The molecule has 0 unspecified atom stereocenters. The maximum Gasteiger partial charge on any atom is 0.171 e. The average Bonchev–Trinajstić information content (AvgIpc) is 2.45. The van der Waals surface area contributed by atoms with E-state index in [0.717, 1.165) is 31.9 Å². The Kier molecular flexibility index (Phi) is 2.56. The third kappa shape index (κ3) is 2.23. The van der Waals surface area contributed by atoms with E-state index >= 15 is 0 Å². The Hall–Kier alpha value is -1.23. The van der Waals surface area contributed by atoms with Crippen molar-refractivity contribution in [3.63, 3.8) is 0 Å². The highest BCUT2D eigenvalue weighted by atomic mass is 16.5. The average molecular weight is 210 g/mol. The van der Waals surface area contributed by atoms with Crippen LogP contribution in [0, 0.1) is 0 Å². The van der Waals surface area contributed by atoms with Gasteiger partial charge in [-0.2, -0.15) is 5.10 Å². The quantitative estimate of drug-likeness (QED) is 0.763. The van der Waals surface area contributed by atoms with E-state index in [2.05, 4.69) is 17.3 Å². The summed E-state index contributed by atoms with van der Waals surface area (Å²) in [5.41, 5.74) is 6.60. The van der Waals surface area contributed by atoms with E-state index in [1.807, 2.05) is 13.2 Å². The second-order valence-electron chi connectivity index (χ2n) is 4.40. The Balaban J connectivity index is 2.09. The lowest BCUT2D eigenvalue weighted by Crippen LogP contribution is -2.40. The lowest BCUT2D eigenvalue weighted by molar-refractivity contribution is 0.0657. The number of nitrogens with two attached hydrogens (primary N) is 1. The van der Waals surface area contributed by atoms with Gasteiger partial charge < -0.3 is 15.8 Å². The number of hydrogen-bond donors (Lipinski definition) is 2. The third-order valence-corrected chi connectivity index (χ3v) is 2.87. The summed E-state index contributed by atoms with van der Waals surface area (Å²) < 4.78 is 7.06. The molecule has 0 saturated carbocycles. The second-order valence-corrected chi connectivity index (χ2v) is 4.40. The number of aryl methyl sites for hydroxylation is 1. The number of anilines is 2. The molecule has 3 N–H and O–H groups in total. The van der Waals surface area contributed by atoms with Crippen molar-refractivity contribution in [3.05, 3.63) is 6.20 Å². The summed E-state index contributed by atoms with van der Waals surface area (Å²) in [6, 6.07) is 0. The van der Waals surface area contributed by atoms with Crippen molar-refractivity contribution in [1.29, 1.82) is 0 Å². The highest BCUT2D eigenvalue weighted by Crippen LogP contribution is 2.27. The summed E-state index contributed by atoms with van der Waals surface area (Å²) in [5, 5.41) is 7.70. The van der Waals surface area contributed by atoms with Gasteiger partial charge in [-0.1, -0.05) is 0 Å². The molecule has 1 aromatic rings. The molecule has 0 atom stereocenters. The highest BCUT2D eigenvalue weighted by Gasteiger charge is 2.28. The van der Waals surface area contributed by atoms with Gasteiger partial charge in [-0.05, 0) is 19.8 Å². The molecule has 0 aromatic carbocycles. The van der Waals surface area contributed by atoms with Crippen LogP contribution in [0.5, 0.6) is 0 Å². The maximum absolute atomic E-state index is 5.84. The Labute approximate surface area is 89.6 Å². The minimum Gasteiger partial charge on any atom is -0.394 e. The van der Waals surface area contributed by atoms with Crippen LogP contribution >= 0.6 is 0 Å². The zero-order valence-electron chi connectivity index (χ0n) is 9.29. The molecule has 5 heteroatoms. The molecule has 0 bridgehead atoms. The summed E-state index contributed by atoms with van der Waals surface area (Å²) in [5.74, 6) is 0.780. The molecule has 1 saturated heterocycles. The van der Waals surface area contributed by atoms with Crippen LogP contribution in [0.25, 0.3) is 0 Å². The van der Waals surface area contributed by atoms with Gasteiger partial charge in [0.25, 0.3) is 0 Å². The standard InChI is InChI=1S/C10H18N4O/c1-10(3-5-15-6-4-10)12-9-8(11)7-14(2)13-9/h7H,3-6,11H2,1-2H3,(H,12,13). The number of aromatic nitrogens is 2. The minimum atomic E-state index is 0.0563. The molecule has 1 aliphatic heterocycles. The fourth-order valence-corrected chi connectivity index (χ4v) is 1.84. The van der Waals surface area contributed by atoms with Crippen LogP contribution in [0.3, 0.4) is 0 Å². The van der Waals surface area contributed by atoms with Crippen molar-refractivity contribution in [1.82, 2.24) is 9.78 Å². The first kappa shape index (κ1) is 10.3. The number of rotatable bonds is 2. The first-order chi connectivity index (χ1) is 7.09. The van der Waals surface area contributed by atoms with E-state index < -0.39 is 0 Å². The SMILES string of the molecule is Cn1cc(N)c(NC2(C)CCOCC2)n1. The predicted octanol–water partition coefficient (Wildman–Crippen LogP) is 0.983. The zero-order valence-corrected chi connectivity index (χ0v) is 9.29. The van der Waals surface area contributed by atoms with E-state index in [9.17, 15) is 0 Å². The zero-order chi connectivity index (χ0) is 10.9. The molecule has 1 fully saturated rings. The molecule has 0 radical (unpaired) electrons. The van der Waals surface area contributed by atoms with Crippen LogP contribution in [-0.4, -0.2) is 28.5 Å². The molecule has 2 rings (SSSR count). The summed E-state index contributed by atoms with van der Waals surface area (Å²) in [6.07, 6.45) is 3.79. The van der Waals surface area contributed by atoms with E-state index in [1.165, 1.54) is 0 Å². The van der Waals surface area contributed by atoms with Gasteiger partial charge in [-0.3, -0.25) is 4.68 Å². The fraction of sp³-hybridized carbons (Fsp3) is 0.700. The summed E-state index contributed by atoms with van der Waals surface area (Å²) in [7, 11) is 1.87. The molecule has 0 amide bonds. The number of nitrogen functional groups attached to an aromatic ring is 1. The van der Waals surface area contributed by atoms with Crippen molar-refractivity contribution >= 4 is 11.5 Å². The largest absolute Gasteiger partial charge is 0.394 e. The van der Waals surface area contributed by atoms with Crippen LogP contribution in [0.2, 0.25) is 0 Å². The molecular weight excluding hydrogens is 192 g/mol. The molecule has 84 valence electrons. The van der Waals surface area contributed by atoms with Crippen LogP contribution in [0.1, 0.15) is 19.8 Å². The molecule has 1 aliphatic rings. The van der Waals surface area contributed by atoms with Gasteiger partial charge in [0.05, 0.1) is 5.69 Å². The van der Waals surface area contributed by atoms with Gasteiger partial charge in [0.15, 0.2) is 5.82 Å². The van der Waals surface area contributed by atoms with Crippen LogP contribution in [0.15, 0.2) is 6.20 Å².